The molecule has 2 aliphatic rings. The summed E-state index contributed by atoms with van der Waals surface area (Å²) in [6.07, 6.45) is 7.75. The van der Waals surface area contributed by atoms with Crippen LogP contribution >= 0.6 is 23.1 Å². The summed E-state index contributed by atoms with van der Waals surface area (Å²) in [6, 6.07) is 12.4. The lowest BCUT2D eigenvalue weighted by molar-refractivity contribution is 0.0917. The fraction of sp³-hybridized carbons (Fsp3) is 0.462. The zero-order valence-corrected chi connectivity index (χ0v) is 22.8. The minimum Gasteiger partial charge on any atom is -0.376 e. The number of fused-ring (bicyclic) bond motifs is 1. The Morgan fingerprint density at radius 3 is 2.53 bits per heavy atom. The number of carbonyl (C=O) groups excluding carboxylic acids is 1. The topological polar surface area (TPSA) is 79.8 Å². The number of ether oxygens (including phenoxy) is 1. The van der Waals surface area contributed by atoms with Crippen molar-refractivity contribution in [1.82, 2.24) is 9.29 Å². The van der Waals surface area contributed by atoms with Crippen molar-refractivity contribution in [3.8, 4) is 0 Å². The lowest BCUT2D eigenvalue weighted by Crippen LogP contribution is -2.37. The molecule has 2 fully saturated rings. The number of amides is 1. The highest BCUT2D eigenvalue weighted by molar-refractivity contribution is 7.98. The lowest BCUT2D eigenvalue weighted by Gasteiger charge is -2.23. The predicted octanol–water partition coefficient (Wildman–Crippen LogP) is 5.41. The van der Waals surface area contributed by atoms with Gasteiger partial charge in [-0.25, -0.2) is 13.4 Å². The van der Waals surface area contributed by atoms with Crippen molar-refractivity contribution in [1.29, 1.82) is 0 Å². The molecule has 0 spiro atoms. The second kappa shape index (κ2) is 11.2. The first-order valence-corrected chi connectivity index (χ1v) is 15.9. The van der Waals surface area contributed by atoms with Gasteiger partial charge in [-0.3, -0.25) is 9.69 Å². The van der Waals surface area contributed by atoms with Gasteiger partial charge in [0.1, 0.15) is 0 Å². The first kappa shape index (κ1) is 25.7. The summed E-state index contributed by atoms with van der Waals surface area (Å²) in [5, 5.41) is 0.633. The van der Waals surface area contributed by atoms with E-state index in [2.05, 4.69) is 0 Å². The molecule has 2 saturated heterocycles. The number of rotatable bonds is 7. The molecule has 0 radical (unpaired) electrons. The van der Waals surface area contributed by atoms with Crippen molar-refractivity contribution in [2.75, 3.05) is 37.4 Å². The number of hydrogen-bond acceptors (Lipinski definition) is 7. The third-order valence-electron chi connectivity index (χ3n) is 6.78. The second-order valence-electron chi connectivity index (χ2n) is 9.20. The number of aromatic nitrogens is 1. The number of hydrogen-bond donors (Lipinski definition) is 0. The molecule has 0 aliphatic carbocycles. The van der Waals surface area contributed by atoms with E-state index in [9.17, 15) is 13.2 Å². The Morgan fingerprint density at radius 2 is 1.86 bits per heavy atom. The van der Waals surface area contributed by atoms with Gasteiger partial charge < -0.3 is 4.74 Å². The molecule has 10 heteroatoms. The summed E-state index contributed by atoms with van der Waals surface area (Å²) in [5.41, 5.74) is 1.33. The van der Waals surface area contributed by atoms with Crippen molar-refractivity contribution < 1.29 is 17.9 Å². The normalized spacial score (nSPS) is 19.4. The van der Waals surface area contributed by atoms with Crippen molar-refractivity contribution in [2.45, 2.75) is 54.4 Å². The number of thioether (sulfide) groups is 1. The van der Waals surface area contributed by atoms with E-state index >= 15 is 0 Å². The Hall–Kier alpha value is -1.98. The standard InChI is InChI=1S/C26H31N3O4S3/c1-34-22-9-6-10-23-24(22)27-26(35-23)29(18-20-8-7-17-33-20)25(30)19-11-13-21(14-12-19)36(31,32)28-15-4-2-3-5-16-28/h6,9-14,20H,2-5,7-8,15-18H2,1H3. The van der Waals surface area contributed by atoms with Crippen LogP contribution in [-0.4, -0.2) is 62.2 Å². The van der Waals surface area contributed by atoms with Gasteiger partial charge in [0.15, 0.2) is 5.13 Å². The van der Waals surface area contributed by atoms with Gasteiger partial charge in [0.05, 0.1) is 27.8 Å². The minimum atomic E-state index is -3.57. The van der Waals surface area contributed by atoms with Gasteiger partial charge in [0, 0.05) is 30.2 Å². The van der Waals surface area contributed by atoms with Gasteiger partial charge in [-0.15, -0.1) is 11.8 Å². The number of anilines is 1. The molecule has 0 saturated carbocycles. The Balaban J connectivity index is 1.43. The van der Waals surface area contributed by atoms with E-state index < -0.39 is 10.0 Å². The summed E-state index contributed by atoms with van der Waals surface area (Å²) in [7, 11) is -3.57. The Kier molecular flexibility index (Phi) is 7.97. The highest BCUT2D eigenvalue weighted by atomic mass is 32.2. The van der Waals surface area contributed by atoms with E-state index in [-0.39, 0.29) is 16.9 Å². The summed E-state index contributed by atoms with van der Waals surface area (Å²) in [6.45, 7) is 2.22. The molecule has 0 bridgehead atoms. The van der Waals surface area contributed by atoms with Crippen LogP contribution in [0.4, 0.5) is 5.13 Å². The molecule has 2 aliphatic heterocycles. The highest BCUT2D eigenvalue weighted by Crippen LogP contribution is 2.35. The summed E-state index contributed by atoms with van der Waals surface area (Å²) < 4.78 is 34.8. The molecule has 0 N–H and O–H groups in total. The third-order valence-corrected chi connectivity index (χ3v) is 10.5. The average Bonchev–Trinajstić information content (AvgIpc) is 3.49. The van der Waals surface area contributed by atoms with Gasteiger partial charge >= 0.3 is 0 Å². The van der Waals surface area contributed by atoms with Crippen molar-refractivity contribution in [3.63, 3.8) is 0 Å². The van der Waals surface area contributed by atoms with Gasteiger partial charge in [-0.05, 0) is 68.3 Å². The molecule has 3 heterocycles. The molecule has 5 rings (SSSR count). The maximum Gasteiger partial charge on any atom is 0.260 e. The number of para-hydroxylation sites is 1. The molecule has 1 aromatic heterocycles. The van der Waals surface area contributed by atoms with Crippen LogP contribution in [0.3, 0.4) is 0 Å². The molecular weight excluding hydrogens is 515 g/mol. The zero-order valence-electron chi connectivity index (χ0n) is 20.4. The van der Waals surface area contributed by atoms with Crippen LogP contribution in [0.5, 0.6) is 0 Å². The van der Waals surface area contributed by atoms with Crippen LogP contribution < -0.4 is 4.90 Å². The fourth-order valence-corrected chi connectivity index (χ4v) is 7.93. The van der Waals surface area contributed by atoms with Crippen molar-refractivity contribution in [3.05, 3.63) is 48.0 Å². The molecular formula is C26H31N3O4S3. The molecule has 1 amide bonds. The average molecular weight is 546 g/mol. The van der Waals surface area contributed by atoms with Crippen LogP contribution in [0.2, 0.25) is 0 Å². The third kappa shape index (κ3) is 5.33. The zero-order chi connectivity index (χ0) is 25.1. The molecule has 7 nitrogen and oxygen atoms in total. The van der Waals surface area contributed by atoms with E-state index in [1.807, 2.05) is 24.5 Å². The van der Waals surface area contributed by atoms with Crippen molar-refractivity contribution >= 4 is 54.4 Å². The van der Waals surface area contributed by atoms with E-state index in [0.29, 0.717) is 36.9 Å². The quantitative estimate of drug-likeness (QED) is 0.370. The first-order chi connectivity index (χ1) is 17.5. The summed E-state index contributed by atoms with van der Waals surface area (Å²) >= 11 is 3.13. The number of thiazole rings is 1. The smallest absolute Gasteiger partial charge is 0.260 e. The van der Waals surface area contributed by atoms with E-state index in [1.54, 1.807) is 45.2 Å². The monoisotopic (exact) mass is 545 g/mol. The maximum atomic E-state index is 13.7. The summed E-state index contributed by atoms with van der Waals surface area (Å²) in [5.74, 6) is -0.200. The summed E-state index contributed by atoms with van der Waals surface area (Å²) in [4.78, 5) is 21.6. The second-order valence-corrected chi connectivity index (χ2v) is 13.0. The van der Waals surface area contributed by atoms with Gasteiger partial charge in [0.2, 0.25) is 10.0 Å². The van der Waals surface area contributed by atoms with Gasteiger partial charge in [-0.2, -0.15) is 4.31 Å². The van der Waals surface area contributed by atoms with Crippen LogP contribution in [0.1, 0.15) is 48.9 Å². The number of benzene rings is 2. The number of nitrogens with zero attached hydrogens (tertiary/aromatic N) is 3. The first-order valence-electron chi connectivity index (χ1n) is 12.4. The fourth-order valence-electron chi connectivity index (χ4n) is 4.79. The van der Waals surface area contributed by atoms with Crippen LogP contribution in [0.15, 0.2) is 52.3 Å². The van der Waals surface area contributed by atoms with Crippen molar-refractivity contribution in [2.24, 2.45) is 0 Å². The largest absolute Gasteiger partial charge is 0.376 e. The van der Waals surface area contributed by atoms with E-state index in [4.69, 9.17) is 9.72 Å². The number of sulfonamides is 1. The molecule has 1 atom stereocenters. The van der Waals surface area contributed by atoms with Gasteiger partial charge in [-0.1, -0.05) is 30.2 Å². The lowest BCUT2D eigenvalue weighted by atomic mass is 10.2. The van der Waals surface area contributed by atoms with E-state index in [0.717, 1.165) is 53.6 Å². The number of carbonyl (C=O) groups is 1. The van der Waals surface area contributed by atoms with Crippen LogP contribution in [0.25, 0.3) is 10.2 Å². The maximum absolute atomic E-state index is 13.7. The molecule has 192 valence electrons. The Labute approximate surface area is 220 Å². The Morgan fingerprint density at radius 1 is 1.11 bits per heavy atom. The van der Waals surface area contributed by atoms with Crippen LogP contribution in [0, 0.1) is 0 Å². The molecule has 3 aromatic rings. The Bertz CT molecular complexity index is 1310. The minimum absolute atomic E-state index is 0.0383. The predicted molar refractivity (Wildman–Crippen MR) is 146 cm³/mol. The van der Waals surface area contributed by atoms with Crippen LogP contribution in [-0.2, 0) is 14.8 Å². The van der Waals surface area contributed by atoms with E-state index in [1.165, 1.54) is 11.3 Å². The molecule has 1 unspecified atom stereocenters. The SMILES string of the molecule is CSc1cccc2sc(N(CC3CCCO3)C(=O)c3ccc(S(=O)(=O)N4CCCCCC4)cc3)nc12. The molecule has 36 heavy (non-hydrogen) atoms. The highest BCUT2D eigenvalue weighted by Gasteiger charge is 2.29. The van der Waals surface area contributed by atoms with Gasteiger partial charge in [0.25, 0.3) is 5.91 Å². The molecule has 2 aromatic carbocycles.